The lowest BCUT2D eigenvalue weighted by Gasteiger charge is -2.07. The van der Waals surface area contributed by atoms with Crippen molar-refractivity contribution in [1.82, 2.24) is 10.3 Å². The average molecular weight is 364 g/mol. The number of esters is 1. The molecule has 0 unspecified atom stereocenters. The number of aromatic nitrogens is 1. The number of carbonyl (C=O) groups excluding carboxylic acids is 2. The van der Waals surface area contributed by atoms with Gasteiger partial charge in [-0.25, -0.2) is 9.37 Å². The van der Waals surface area contributed by atoms with Crippen molar-refractivity contribution in [3.05, 3.63) is 40.7 Å². The highest BCUT2D eigenvalue weighted by Crippen LogP contribution is 2.28. The Hall–Kier alpha value is -2.28. The lowest BCUT2D eigenvalue weighted by Crippen LogP contribution is -2.31. The second kappa shape index (κ2) is 8.71. The third kappa shape index (κ3) is 5.63. The maximum absolute atomic E-state index is 13.3. The third-order valence-corrected chi connectivity index (χ3v) is 4.72. The van der Waals surface area contributed by atoms with Crippen LogP contribution >= 0.6 is 11.3 Å². The number of carbonyl (C=O) groups is 2. The molecule has 7 heteroatoms. The number of nitrogens with zero attached hydrogens (tertiary/aromatic N) is 1. The van der Waals surface area contributed by atoms with Gasteiger partial charge >= 0.3 is 5.97 Å². The summed E-state index contributed by atoms with van der Waals surface area (Å²) in [7, 11) is 0. The van der Waals surface area contributed by atoms with Crippen LogP contribution in [0.15, 0.2) is 24.3 Å². The summed E-state index contributed by atoms with van der Waals surface area (Å²) >= 11 is 1.48. The first-order valence-electron chi connectivity index (χ1n) is 8.02. The molecule has 2 rings (SSSR count). The highest BCUT2D eigenvalue weighted by molar-refractivity contribution is 7.15. The average Bonchev–Trinajstić information content (AvgIpc) is 2.93. The molecule has 0 aliphatic carbocycles. The number of hydrogen-bond acceptors (Lipinski definition) is 5. The van der Waals surface area contributed by atoms with Gasteiger partial charge in [0.1, 0.15) is 10.8 Å². The Bertz CT molecular complexity index is 759. The van der Waals surface area contributed by atoms with Crippen LogP contribution in [0.2, 0.25) is 0 Å². The van der Waals surface area contributed by atoms with E-state index >= 15 is 0 Å². The highest BCUT2D eigenvalue weighted by atomic mass is 32.1. The topological polar surface area (TPSA) is 68.3 Å². The summed E-state index contributed by atoms with van der Waals surface area (Å²) in [5.74, 6) is -1.28. The van der Waals surface area contributed by atoms with Gasteiger partial charge < -0.3 is 10.1 Å². The van der Waals surface area contributed by atoms with Crippen molar-refractivity contribution in [2.75, 3.05) is 13.2 Å². The number of nitrogens with one attached hydrogen (secondary N) is 1. The van der Waals surface area contributed by atoms with Crippen LogP contribution in [0.4, 0.5) is 4.39 Å². The Morgan fingerprint density at radius 1 is 1.36 bits per heavy atom. The molecule has 0 spiro atoms. The van der Waals surface area contributed by atoms with Crippen molar-refractivity contribution >= 4 is 23.2 Å². The molecular weight excluding hydrogens is 343 g/mol. The van der Waals surface area contributed by atoms with Gasteiger partial charge in [-0.1, -0.05) is 26.0 Å². The van der Waals surface area contributed by atoms with E-state index in [9.17, 15) is 14.0 Å². The summed E-state index contributed by atoms with van der Waals surface area (Å²) in [5.41, 5.74) is 1.61. The first kappa shape index (κ1) is 19.1. The van der Waals surface area contributed by atoms with Crippen LogP contribution in [0.3, 0.4) is 0 Å². The quantitative estimate of drug-likeness (QED) is 0.767. The van der Waals surface area contributed by atoms with E-state index in [-0.39, 0.29) is 24.2 Å². The van der Waals surface area contributed by atoms with Crippen molar-refractivity contribution in [2.24, 2.45) is 5.92 Å². The van der Waals surface area contributed by atoms with Gasteiger partial charge in [-0.05, 0) is 19.1 Å². The molecule has 1 heterocycles. The zero-order valence-corrected chi connectivity index (χ0v) is 15.3. The lowest BCUT2D eigenvalue weighted by molar-refractivity contribution is -0.151. The molecule has 1 aromatic carbocycles. The summed E-state index contributed by atoms with van der Waals surface area (Å²) in [5, 5.41) is 3.47. The minimum atomic E-state index is -0.395. The molecule has 0 saturated heterocycles. The molecule has 0 bridgehead atoms. The van der Waals surface area contributed by atoms with E-state index in [1.54, 1.807) is 19.9 Å². The molecule has 1 aromatic heterocycles. The molecule has 0 atom stereocenters. The molecule has 0 saturated carbocycles. The molecule has 0 fully saturated rings. The Morgan fingerprint density at radius 2 is 2.12 bits per heavy atom. The molecule has 134 valence electrons. The van der Waals surface area contributed by atoms with E-state index in [0.717, 1.165) is 21.1 Å². The Morgan fingerprint density at radius 3 is 2.80 bits per heavy atom. The Balaban J connectivity index is 1.85. The van der Waals surface area contributed by atoms with E-state index in [0.29, 0.717) is 13.0 Å². The summed E-state index contributed by atoms with van der Waals surface area (Å²) in [6, 6.07) is 6.31. The van der Waals surface area contributed by atoms with Gasteiger partial charge in [0.2, 0.25) is 0 Å². The number of thiazole rings is 1. The molecule has 25 heavy (non-hydrogen) atoms. The van der Waals surface area contributed by atoms with Crippen molar-refractivity contribution in [3.63, 3.8) is 0 Å². The number of hydrogen-bond donors (Lipinski definition) is 1. The van der Waals surface area contributed by atoms with Crippen LogP contribution in [-0.2, 0) is 20.7 Å². The van der Waals surface area contributed by atoms with Gasteiger partial charge in [0.05, 0.1) is 11.6 Å². The largest absolute Gasteiger partial charge is 0.455 e. The first-order valence-corrected chi connectivity index (χ1v) is 8.84. The molecular formula is C18H21FN2O3S. The van der Waals surface area contributed by atoms with Crippen molar-refractivity contribution in [2.45, 2.75) is 27.2 Å². The van der Waals surface area contributed by atoms with E-state index < -0.39 is 5.97 Å². The first-order chi connectivity index (χ1) is 11.9. The SMILES string of the molecule is Cc1nc(-c2cccc(F)c2)sc1CCNC(=O)COC(=O)C(C)C. The molecule has 0 aliphatic rings. The number of benzene rings is 1. The number of rotatable bonds is 7. The van der Waals surface area contributed by atoms with Gasteiger partial charge in [0, 0.05) is 23.4 Å². The zero-order chi connectivity index (χ0) is 18.4. The molecule has 1 amide bonds. The standard InChI is InChI=1S/C18H21FN2O3S/c1-11(2)18(23)24-10-16(22)20-8-7-15-12(3)21-17(25-15)13-5-4-6-14(19)9-13/h4-6,9,11H,7-8,10H2,1-3H3,(H,20,22). The number of halogens is 1. The Labute approximate surface area is 150 Å². The van der Waals surface area contributed by atoms with Gasteiger partial charge in [-0.3, -0.25) is 9.59 Å². The van der Waals surface area contributed by atoms with Crippen LogP contribution in [0, 0.1) is 18.7 Å². The fourth-order valence-corrected chi connectivity index (χ4v) is 3.13. The molecule has 5 nitrogen and oxygen atoms in total. The molecule has 0 radical (unpaired) electrons. The molecule has 2 aromatic rings. The normalized spacial score (nSPS) is 10.8. The fraction of sp³-hybridized carbons (Fsp3) is 0.389. The van der Waals surface area contributed by atoms with Crippen molar-refractivity contribution < 1.29 is 18.7 Å². The molecule has 0 aliphatic heterocycles. The number of aryl methyl sites for hydroxylation is 1. The molecule has 1 N–H and O–H groups in total. The summed E-state index contributed by atoms with van der Waals surface area (Å²) in [6.45, 7) is 5.46. The van der Waals surface area contributed by atoms with E-state index in [1.807, 2.05) is 13.0 Å². The van der Waals surface area contributed by atoms with Crippen LogP contribution in [0.25, 0.3) is 10.6 Å². The van der Waals surface area contributed by atoms with Gasteiger partial charge in [0.25, 0.3) is 5.91 Å². The highest BCUT2D eigenvalue weighted by Gasteiger charge is 2.12. The van der Waals surface area contributed by atoms with Crippen LogP contribution < -0.4 is 5.32 Å². The maximum Gasteiger partial charge on any atom is 0.308 e. The summed E-state index contributed by atoms with van der Waals surface area (Å²) in [6.07, 6.45) is 0.614. The van der Waals surface area contributed by atoms with Crippen LogP contribution in [-0.4, -0.2) is 30.0 Å². The van der Waals surface area contributed by atoms with Gasteiger partial charge in [0.15, 0.2) is 6.61 Å². The summed E-state index contributed by atoms with van der Waals surface area (Å²) in [4.78, 5) is 28.5. The van der Waals surface area contributed by atoms with E-state index in [1.165, 1.54) is 23.5 Å². The van der Waals surface area contributed by atoms with Crippen molar-refractivity contribution in [3.8, 4) is 10.6 Å². The van der Waals surface area contributed by atoms with E-state index in [4.69, 9.17) is 4.74 Å². The second-order valence-corrected chi connectivity index (χ2v) is 6.98. The zero-order valence-electron chi connectivity index (χ0n) is 14.5. The lowest BCUT2D eigenvalue weighted by atomic mass is 10.2. The minimum absolute atomic E-state index is 0.256. The van der Waals surface area contributed by atoms with Gasteiger partial charge in [-0.15, -0.1) is 11.3 Å². The summed E-state index contributed by atoms with van der Waals surface area (Å²) < 4.78 is 18.2. The predicted molar refractivity (Wildman–Crippen MR) is 94.8 cm³/mol. The van der Waals surface area contributed by atoms with E-state index in [2.05, 4.69) is 10.3 Å². The third-order valence-electron chi connectivity index (χ3n) is 3.46. The fourth-order valence-electron chi connectivity index (χ4n) is 2.07. The van der Waals surface area contributed by atoms with Crippen LogP contribution in [0.1, 0.15) is 24.4 Å². The minimum Gasteiger partial charge on any atom is -0.455 e. The Kier molecular flexibility index (Phi) is 6.64. The number of ether oxygens (including phenoxy) is 1. The second-order valence-electron chi connectivity index (χ2n) is 5.90. The van der Waals surface area contributed by atoms with Crippen molar-refractivity contribution in [1.29, 1.82) is 0 Å². The van der Waals surface area contributed by atoms with Crippen LogP contribution in [0.5, 0.6) is 0 Å². The number of amides is 1. The maximum atomic E-state index is 13.3. The predicted octanol–water partition coefficient (Wildman–Crippen LogP) is 3.12. The monoisotopic (exact) mass is 364 g/mol. The van der Waals surface area contributed by atoms with Gasteiger partial charge in [-0.2, -0.15) is 0 Å². The smallest absolute Gasteiger partial charge is 0.308 e.